The fourth-order valence-electron chi connectivity index (χ4n) is 2.61. The van der Waals surface area contributed by atoms with Crippen molar-refractivity contribution in [2.75, 3.05) is 19.6 Å². The van der Waals surface area contributed by atoms with Gasteiger partial charge in [-0.3, -0.25) is 0 Å². The van der Waals surface area contributed by atoms with Crippen molar-refractivity contribution in [2.45, 2.75) is 31.3 Å². The number of fused-ring (bicyclic) bond motifs is 1. The van der Waals surface area contributed by atoms with E-state index in [0.717, 1.165) is 5.39 Å². The van der Waals surface area contributed by atoms with Crippen LogP contribution in [-0.4, -0.2) is 44.1 Å². The standard InChI is InChI=1S/C20H26N2O4S/c1-5-14-22(15-13-21-19(23)26-20(2,3)4)27(24,25)18-12-8-10-16-9-6-7-11-17(16)18/h5-12H,1,13-15H2,2-4H3,(H,21,23). The van der Waals surface area contributed by atoms with Crippen LogP contribution < -0.4 is 5.32 Å². The topological polar surface area (TPSA) is 75.7 Å². The van der Waals surface area contributed by atoms with Crippen molar-refractivity contribution in [1.29, 1.82) is 0 Å². The number of rotatable bonds is 7. The number of hydrogen-bond acceptors (Lipinski definition) is 4. The minimum absolute atomic E-state index is 0.108. The van der Waals surface area contributed by atoms with Gasteiger partial charge in [0.25, 0.3) is 0 Å². The highest BCUT2D eigenvalue weighted by Crippen LogP contribution is 2.25. The van der Waals surface area contributed by atoms with E-state index in [2.05, 4.69) is 11.9 Å². The smallest absolute Gasteiger partial charge is 0.407 e. The Morgan fingerprint density at radius 2 is 1.85 bits per heavy atom. The van der Waals surface area contributed by atoms with Crippen molar-refractivity contribution < 1.29 is 17.9 Å². The Labute approximate surface area is 160 Å². The van der Waals surface area contributed by atoms with E-state index in [1.54, 1.807) is 39.0 Å². The van der Waals surface area contributed by atoms with E-state index in [9.17, 15) is 13.2 Å². The third-order valence-electron chi connectivity index (χ3n) is 3.73. The molecule has 1 N–H and O–H groups in total. The van der Waals surface area contributed by atoms with Crippen molar-refractivity contribution in [1.82, 2.24) is 9.62 Å². The summed E-state index contributed by atoms with van der Waals surface area (Å²) < 4.78 is 32.8. The third kappa shape index (κ3) is 5.55. The lowest BCUT2D eigenvalue weighted by atomic mass is 10.1. The first-order chi connectivity index (χ1) is 12.6. The van der Waals surface area contributed by atoms with Crippen LogP contribution in [-0.2, 0) is 14.8 Å². The summed E-state index contributed by atoms with van der Waals surface area (Å²) in [5, 5.41) is 4.10. The minimum Gasteiger partial charge on any atom is -0.444 e. The van der Waals surface area contributed by atoms with Gasteiger partial charge in [-0.05, 0) is 32.2 Å². The summed E-state index contributed by atoms with van der Waals surface area (Å²) in [4.78, 5) is 12.0. The van der Waals surface area contributed by atoms with Gasteiger partial charge in [-0.1, -0.05) is 42.5 Å². The molecule has 27 heavy (non-hydrogen) atoms. The highest BCUT2D eigenvalue weighted by Gasteiger charge is 2.25. The number of carbonyl (C=O) groups is 1. The Kier molecular flexibility index (Phi) is 6.62. The third-order valence-corrected chi connectivity index (χ3v) is 5.65. The van der Waals surface area contributed by atoms with Crippen LogP contribution in [0.1, 0.15) is 20.8 Å². The Morgan fingerprint density at radius 1 is 1.19 bits per heavy atom. The van der Waals surface area contributed by atoms with Crippen molar-refractivity contribution in [3.63, 3.8) is 0 Å². The summed E-state index contributed by atoms with van der Waals surface area (Å²) in [6.07, 6.45) is 0.944. The van der Waals surface area contributed by atoms with Crippen LogP contribution in [0.25, 0.3) is 10.8 Å². The van der Waals surface area contributed by atoms with Gasteiger partial charge in [-0.2, -0.15) is 4.31 Å². The van der Waals surface area contributed by atoms with E-state index in [0.29, 0.717) is 5.39 Å². The summed E-state index contributed by atoms with van der Waals surface area (Å²) in [7, 11) is -3.75. The normalized spacial score (nSPS) is 12.1. The van der Waals surface area contributed by atoms with Crippen LogP contribution >= 0.6 is 0 Å². The van der Waals surface area contributed by atoms with Gasteiger partial charge in [0, 0.05) is 25.0 Å². The fourth-order valence-corrected chi connectivity index (χ4v) is 4.24. The molecule has 0 bridgehead atoms. The van der Waals surface area contributed by atoms with E-state index in [1.807, 2.05) is 24.3 Å². The van der Waals surface area contributed by atoms with Crippen molar-refractivity contribution in [2.24, 2.45) is 0 Å². The number of ether oxygens (including phenoxy) is 1. The number of nitrogens with one attached hydrogen (secondary N) is 1. The van der Waals surface area contributed by atoms with Gasteiger partial charge in [0.2, 0.25) is 10.0 Å². The zero-order valence-electron chi connectivity index (χ0n) is 15.9. The van der Waals surface area contributed by atoms with Crippen LogP contribution in [0.4, 0.5) is 4.79 Å². The van der Waals surface area contributed by atoms with E-state index in [4.69, 9.17) is 4.74 Å². The molecular weight excluding hydrogens is 364 g/mol. The van der Waals surface area contributed by atoms with Crippen LogP contribution in [0.5, 0.6) is 0 Å². The summed E-state index contributed by atoms with van der Waals surface area (Å²) in [6, 6.07) is 12.5. The summed E-state index contributed by atoms with van der Waals surface area (Å²) in [6.45, 7) is 9.32. The number of hydrogen-bond donors (Lipinski definition) is 1. The molecule has 0 atom stereocenters. The maximum atomic E-state index is 13.2. The molecule has 6 nitrogen and oxygen atoms in total. The second-order valence-corrected chi connectivity index (χ2v) is 8.96. The molecule has 0 aromatic heterocycles. The second-order valence-electron chi connectivity index (χ2n) is 7.06. The molecule has 2 aromatic rings. The summed E-state index contributed by atoms with van der Waals surface area (Å²) >= 11 is 0. The molecule has 0 unspecified atom stereocenters. The zero-order valence-corrected chi connectivity index (χ0v) is 16.8. The number of benzene rings is 2. The quantitative estimate of drug-likeness (QED) is 0.734. The van der Waals surface area contributed by atoms with Gasteiger partial charge in [0.15, 0.2) is 0 Å². The summed E-state index contributed by atoms with van der Waals surface area (Å²) in [5.41, 5.74) is -0.611. The van der Waals surface area contributed by atoms with Crippen LogP contribution in [0, 0.1) is 0 Å². The second kappa shape index (κ2) is 8.54. The molecule has 2 aromatic carbocycles. The first-order valence-electron chi connectivity index (χ1n) is 8.71. The molecule has 7 heteroatoms. The monoisotopic (exact) mass is 390 g/mol. The average molecular weight is 391 g/mol. The van der Waals surface area contributed by atoms with E-state index in [-0.39, 0.29) is 24.5 Å². The lowest BCUT2D eigenvalue weighted by molar-refractivity contribution is 0.0526. The highest BCUT2D eigenvalue weighted by molar-refractivity contribution is 7.89. The minimum atomic E-state index is -3.75. The molecular formula is C20H26N2O4S. The van der Waals surface area contributed by atoms with Gasteiger partial charge in [0.1, 0.15) is 5.60 Å². The fraction of sp³-hybridized carbons (Fsp3) is 0.350. The predicted molar refractivity (Wildman–Crippen MR) is 107 cm³/mol. The Morgan fingerprint density at radius 3 is 2.52 bits per heavy atom. The van der Waals surface area contributed by atoms with Crippen molar-refractivity contribution in [3.8, 4) is 0 Å². The summed E-state index contributed by atoms with van der Waals surface area (Å²) in [5.74, 6) is 0. The molecule has 1 amide bonds. The zero-order chi connectivity index (χ0) is 20.1. The molecule has 0 aliphatic carbocycles. The Bertz CT molecular complexity index is 912. The molecule has 0 aliphatic rings. The van der Waals surface area contributed by atoms with Gasteiger partial charge < -0.3 is 10.1 Å². The number of nitrogens with zero attached hydrogens (tertiary/aromatic N) is 1. The van der Waals surface area contributed by atoms with Gasteiger partial charge >= 0.3 is 6.09 Å². The number of alkyl carbamates (subject to hydrolysis) is 1. The first-order valence-corrected chi connectivity index (χ1v) is 10.1. The molecule has 0 saturated heterocycles. The van der Waals surface area contributed by atoms with E-state index in [1.165, 1.54) is 10.4 Å². The predicted octanol–water partition coefficient (Wildman–Crippen LogP) is 3.54. The number of amides is 1. The molecule has 0 heterocycles. The Balaban J connectivity index is 2.19. The maximum absolute atomic E-state index is 13.2. The molecule has 0 spiro atoms. The molecule has 0 fully saturated rings. The molecule has 2 rings (SSSR count). The molecule has 146 valence electrons. The lowest BCUT2D eigenvalue weighted by Crippen LogP contribution is -2.40. The van der Waals surface area contributed by atoms with Gasteiger partial charge in [-0.25, -0.2) is 13.2 Å². The van der Waals surface area contributed by atoms with E-state index >= 15 is 0 Å². The molecule has 0 saturated carbocycles. The van der Waals surface area contributed by atoms with Gasteiger partial charge in [-0.15, -0.1) is 6.58 Å². The van der Waals surface area contributed by atoms with Crippen molar-refractivity contribution in [3.05, 3.63) is 55.1 Å². The first kappa shape index (κ1) is 20.9. The van der Waals surface area contributed by atoms with E-state index < -0.39 is 21.7 Å². The average Bonchev–Trinajstić information content (AvgIpc) is 2.59. The van der Waals surface area contributed by atoms with Crippen molar-refractivity contribution >= 4 is 26.9 Å². The largest absolute Gasteiger partial charge is 0.444 e. The maximum Gasteiger partial charge on any atom is 0.407 e. The Hall–Kier alpha value is -2.38. The van der Waals surface area contributed by atoms with Crippen LogP contribution in [0.3, 0.4) is 0 Å². The highest BCUT2D eigenvalue weighted by atomic mass is 32.2. The molecule has 0 radical (unpaired) electrons. The SMILES string of the molecule is C=CCN(CCNC(=O)OC(C)(C)C)S(=O)(=O)c1cccc2ccccc12. The van der Waals surface area contributed by atoms with Crippen LogP contribution in [0.15, 0.2) is 60.0 Å². The van der Waals surface area contributed by atoms with Crippen LogP contribution in [0.2, 0.25) is 0 Å². The number of sulfonamides is 1. The van der Waals surface area contributed by atoms with Gasteiger partial charge in [0.05, 0.1) is 4.90 Å². The lowest BCUT2D eigenvalue weighted by Gasteiger charge is -2.23. The molecule has 0 aliphatic heterocycles. The number of carbonyl (C=O) groups excluding carboxylic acids is 1.